The second kappa shape index (κ2) is 7.36. The number of aliphatic hydroxyl groups is 1. The molecule has 0 radical (unpaired) electrons. The van der Waals surface area contributed by atoms with Crippen molar-refractivity contribution in [3.63, 3.8) is 0 Å². The zero-order valence-electron chi connectivity index (χ0n) is 12.7. The van der Waals surface area contributed by atoms with Crippen LogP contribution in [0.4, 0.5) is 0 Å². The lowest BCUT2D eigenvalue weighted by Gasteiger charge is -2.23. The van der Waals surface area contributed by atoms with Gasteiger partial charge in [-0.1, -0.05) is 86.2 Å². The van der Waals surface area contributed by atoms with Gasteiger partial charge in [-0.25, -0.2) is 0 Å². The van der Waals surface area contributed by atoms with E-state index in [1.165, 1.54) is 0 Å². The minimum absolute atomic E-state index is 0.738. The summed E-state index contributed by atoms with van der Waals surface area (Å²) in [6, 6.07) is 24.8. The Balaban J connectivity index is 2.09. The number of hydrogen-bond acceptors (Lipinski definition) is 1. The van der Waals surface area contributed by atoms with Crippen molar-refractivity contribution in [3.05, 3.63) is 104 Å². The summed E-state index contributed by atoms with van der Waals surface area (Å²) in [6.45, 7) is 0. The van der Waals surface area contributed by atoms with Crippen LogP contribution in [0.2, 0.25) is 0 Å². The van der Waals surface area contributed by atoms with E-state index in [-0.39, 0.29) is 0 Å². The van der Waals surface area contributed by atoms with Crippen molar-refractivity contribution >= 4 is 31.9 Å². The highest BCUT2D eigenvalue weighted by molar-refractivity contribution is 9.10. The van der Waals surface area contributed by atoms with Crippen LogP contribution >= 0.6 is 31.9 Å². The van der Waals surface area contributed by atoms with Crippen molar-refractivity contribution in [2.75, 3.05) is 0 Å². The second-order valence-corrected chi connectivity index (χ2v) is 7.17. The number of hydrogen-bond donors (Lipinski definition) is 1. The Morgan fingerprint density at radius 1 is 0.667 bits per heavy atom. The number of halogens is 2. The molecule has 0 fully saturated rings. The first kappa shape index (κ1) is 17.0. The number of benzene rings is 3. The Bertz CT molecular complexity index is 875. The molecule has 3 heteroatoms. The van der Waals surface area contributed by atoms with Gasteiger partial charge in [0.15, 0.2) is 5.60 Å². The molecular weight excluding hydrogens is 428 g/mol. The van der Waals surface area contributed by atoms with Gasteiger partial charge in [0.1, 0.15) is 0 Å². The summed E-state index contributed by atoms with van der Waals surface area (Å²) in [5, 5.41) is 11.4. The molecule has 0 spiro atoms. The molecule has 3 rings (SSSR count). The molecule has 0 saturated heterocycles. The summed E-state index contributed by atoms with van der Waals surface area (Å²) < 4.78 is 1.96. The topological polar surface area (TPSA) is 20.2 Å². The van der Waals surface area contributed by atoms with Crippen LogP contribution in [0.5, 0.6) is 0 Å². The van der Waals surface area contributed by atoms with Crippen LogP contribution in [-0.4, -0.2) is 5.11 Å². The van der Waals surface area contributed by atoms with Crippen molar-refractivity contribution in [2.45, 2.75) is 5.60 Å². The molecule has 1 N–H and O–H groups in total. The molecule has 3 aromatic rings. The summed E-state index contributed by atoms with van der Waals surface area (Å²) in [6.07, 6.45) is 0. The third kappa shape index (κ3) is 3.79. The Kier molecular flexibility index (Phi) is 5.20. The summed E-state index contributed by atoms with van der Waals surface area (Å²) in [5.41, 5.74) is 0.970. The van der Waals surface area contributed by atoms with E-state index in [1.54, 1.807) is 0 Å². The molecule has 0 heterocycles. The number of rotatable bonds is 2. The van der Waals surface area contributed by atoms with E-state index in [0.29, 0.717) is 0 Å². The molecule has 0 aliphatic rings. The summed E-state index contributed by atoms with van der Waals surface area (Å²) >= 11 is 6.84. The SMILES string of the molecule is OC(C#Cc1ccc(Br)cc1)(c1ccccc1)c1ccc(Br)cc1. The third-order valence-corrected chi connectivity index (χ3v) is 4.74. The van der Waals surface area contributed by atoms with E-state index < -0.39 is 5.60 Å². The zero-order valence-corrected chi connectivity index (χ0v) is 15.9. The predicted molar refractivity (Wildman–Crippen MR) is 105 cm³/mol. The average molecular weight is 442 g/mol. The van der Waals surface area contributed by atoms with Gasteiger partial charge in [0, 0.05) is 25.6 Å². The van der Waals surface area contributed by atoms with E-state index in [2.05, 4.69) is 43.7 Å². The van der Waals surface area contributed by atoms with Gasteiger partial charge in [-0.2, -0.15) is 0 Å². The smallest absolute Gasteiger partial charge is 0.177 e. The average Bonchev–Trinajstić information content (AvgIpc) is 2.62. The van der Waals surface area contributed by atoms with Gasteiger partial charge >= 0.3 is 0 Å². The minimum atomic E-state index is -1.37. The van der Waals surface area contributed by atoms with Crippen molar-refractivity contribution in [2.24, 2.45) is 0 Å². The molecule has 0 saturated carbocycles. The quantitative estimate of drug-likeness (QED) is 0.520. The minimum Gasteiger partial charge on any atom is -0.369 e. The van der Waals surface area contributed by atoms with Gasteiger partial charge in [0.25, 0.3) is 0 Å². The Labute approximate surface area is 158 Å². The van der Waals surface area contributed by atoms with E-state index in [9.17, 15) is 5.11 Å². The molecule has 1 atom stereocenters. The maximum Gasteiger partial charge on any atom is 0.177 e. The van der Waals surface area contributed by atoms with Crippen LogP contribution in [0.3, 0.4) is 0 Å². The first-order valence-electron chi connectivity index (χ1n) is 7.40. The fourth-order valence-corrected chi connectivity index (χ4v) is 2.91. The highest BCUT2D eigenvalue weighted by Crippen LogP contribution is 2.30. The van der Waals surface area contributed by atoms with Gasteiger partial charge in [0.2, 0.25) is 0 Å². The second-order valence-electron chi connectivity index (χ2n) is 5.34. The first-order chi connectivity index (χ1) is 11.6. The molecule has 0 bridgehead atoms. The van der Waals surface area contributed by atoms with Crippen LogP contribution < -0.4 is 0 Å². The molecule has 1 unspecified atom stereocenters. The molecule has 0 aromatic heterocycles. The van der Waals surface area contributed by atoms with Gasteiger partial charge in [-0.15, -0.1) is 0 Å². The molecule has 3 aromatic carbocycles. The highest BCUT2D eigenvalue weighted by Gasteiger charge is 2.29. The maximum absolute atomic E-state index is 11.4. The van der Waals surface area contributed by atoms with E-state index in [0.717, 1.165) is 25.6 Å². The lowest BCUT2D eigenvalue weighted by atomic mass is 9.86. The van der Waals surface area contributed by atoms with Crippen molar-refractivity contribution in [1.29, 1.82) is 0 Å². The first-order valence-corrected chi connectivity index (χ1v) is 8.99. The molecule has 0 aliphatic carbocycles. The largest absolute Gasteiger partial charge is 0.369 e. The van der Waals surface area contributed by atoms with E-state index in [1.807, 2.05) is 78.9 Å². The van der Waals surface area contributed by atoms with E-state index in [4.69, 9.17) is 0 Å². The summed E-state index contributed by atoms with van der Waals surface area (Å²) in [5.74, 6) is 6.15. The highest BCUT2D eigenvalue weighted by atomic mass is 79.9. The normalized spacial score (nSPS) is 12.8. The molecule has 0 aliphatic heterocycles. The van der Waals surface area contributed by atoms with Crippen molar-refractivity contribution in [1.82, 2.24) is 0 Å². The lowest BCUT2D eigenvalue weighted by Crippen LogP contribution is -2.25. The van der Waals surface area contributed by atoms with Gasteiger partial charge in [-0.3, -0.25) is 0 Å². The Hall–Kier alpha value is -1.86. The van der Waals surface area contributed by atoms with Crippen LogP contribution in [0.15, 0.2) is 87.8 Å². The van der Waals surface area contributed by atoms with Crippen LogP contribution in [-0.2, 0) is 5.60 Å². The summed E-state index contributed by atoms with van der Waals surface area (Å²) in [7, 11) is 0. The van der Waals surface area contributed by atoms with Crippen LogP contribution in [0.25, 0.3) is 0 Å². The molecule has 0 amide bonds. The molecule has 1 nitrogen and oxygen atoms in total. The monoisotopic (exact) mass is 440 g/mol. The van der Waals surface area contributed by atoms with Crippen molar-refractivity contribution in [3.8, 4) is 11.8 Å². The molecular formula is C21H14Br2O. The van der Waals surface area contributed by atoms with Gasteiger partial charge in [-0.05, 0) is 36.4 Å². The lowest BCUT2D eigenvalue weighted by molar-refractivity contribution is 0.145. The standard InChI is InChI=1S/C21H14Br2O/c22-19-10-6-16(7-11-19)14-15-21(24,17-4-2-1-3-5-17)18-8-12-20(23)13-9-18/h1-13,24H. The van der Waals surface area contributed by atoms with Gasteiger partial charge < -0.3 is 5.11 Å². The summed E-state index contributed by atoms with van der Waals surface area (Å²) in [4.78, 5) is 0. The fourth-order valence-electron chi connectivity index (χ4n) is 2.38. The van der Waals surface area contributed by atoms with Crippen LogP contribution in [0.1, 0.15) is 16.7 Å². The Morgan fingerprint density at radius 3 is 1.75 bits per heavy atom. The third-order valence-electron chi connectivity index (χ3n) is 3.69. The molecule has 118 valence electrons. The Morgan fingerprint density at radius 2 is 1.17 bits per heavy atom. The zero-order chi connectivity index (χ0) is 17.0. The van der Waals surface area contributed by atoms with Crippen LogP contribution in [0, 0.1) is 11.8 Å². The predicted octanol–water partition coefficient (Wildman–Crippen LogP) is 5.50. The van der Waals surface area contributed by atoms with E-state index >= 15 is 0 Å². The maximum atomic E-state index is 11.4. The fraction of sp³-hybridized carbons (Fsp3) is 0.0476. The van der Waals surface area contributed by atoms with Gasteiger partial charge in [0.05, 0.1) is 0 Å². The molecule has 24 heavy (non-hydrogen) atoms. The van der Waals surface area contributed by atoms with Crippen molar-refractivity contribution < 1.29 is 5.11 Å².